The summed E-state index contributed by atoms with van der Waals surface area (Å²) in [4.78, 5) is 11.2. The number of aryl methyl sites for hydroxylation is 1. The zero-order chi connectivity index (χ0) is 26.7. The van der Waals surface area contributed by atoms with Crippen LogP contribution in [0.25, 0.3) is 5.57 Å². The first-order valence-electron chi connectivity index (χ1n) is 11.9. The Morgan fingerprint density at radius 2 is 1.67 bits per heavy atom. The summed E-state index contributed by atoms with van der Waals surface area (Å²) in [6.45, 7) is 4.06. The van der Waals surface area contributed by atoms with Crippen LogP contribution in [0.5, 0.6) is 0 Å². The van der Waals surface area contributed by atoms with Crippen molar-refractivity contribution in [3.05, 3.63) is 99.6 Å². The average molecular weight is 502 g/mol. The van der Waals surface area contributed by atoms with E-state index in [1.165, 1.54) is 13.0 Å². The third kappa shape index (κ3) is 8.72. The molecule has 0 saturated heterocycles. The number of ether oxygens (including phenoxy) is 1. The minimum atomic E-state index is -2.96. The van der Waals surface area contributed by atoms with E-state index in [1.54, 1.807) is 12.1 Å². The van der Waals surface area contributed by atoms with Gasteiger partial charge in [-0.2, -0.15) is 8.78 Å². The van der Waals surface area contributed by atoms with Gasteiger partial charge in [-0.1, -0.05) is 68.0 Å². The van der Waals surface area contributed by atoms with Gasteiger partial charge in [0.1, 0.15) is 18.2 Å². The van der Waals surface area contributed by atoms with Crippen LogP contribution in [0.15, 0.2) is 66.0 Å². The maximum absolute atomic E-state index is 16.0. The summed E-state index contributed by atoms with van der Waals surface area (Å²) in [6.07, 6.45) is 6.76. The van der Waals surface area contributed by atoms with E-state index in [1.807, 2.05) is 57.2 Å². The smallest absolute Gasteiger partial charge is 0.387 e. The summed E-state index contributed by atoms with van der Waals surface area (Å²) in [5.41, 5.74) is 4.88. The number of halogens is 3. The van der Waals surface area contributed by atoms with Gasteiger partial charge in [0, 0.05) is 18.5 Å². The number of amides is 1. The lowest BCUT2D eigenvalue weighted by Crippen LogP contribution is -2.25. The molecular formula is C29H34F3NO3. The lowest BCUT2D eigenvalue weighted by Gasteiger charge is -2.16. The summed E-state index contributed by atoms with van der Waals surface area (Å²) in [7, 11) is 0. The summed E-state index contributed by atoms with van der Waals surface area (Å²) in [6, 6.07) is 11.0. The molecule has 0 heterocycles. The van der Waals surface area contributed by atoms with Gasteiger partial charge in [0.25, 0.3) is 0 Å². The predicted molar refractivity (Wildman–Crippen MR) is 137 cm³/mol. The molecule has 0 atom stereocenters. The number of alkyl halides is 2. The number of benzene rings is 2. The Morgan fingerprint density at radius 3 is 2.25 bits per heavy atom. The molecule has 0 aliphatic rings. The van der Waals surface area contributed by atoms with Crippen LogP contribution >= 0.6 is 0 Å². The SMILES string of the molecule is CCC(C)=C/C=C(\C=C(/C)OC(F)F)c1c(CC)ccc(Cc2ccc(CNC(=O)CO)cc2)c1F. The molecule has 2 aromatic rings. The van der Waals surface area contributed by atoms with Crippen LogP contribution in [0.4, 0.5) is 13.2 Å². The molecule has 0 unspecified atom stereocenters. The van der Waals surface area contributed by atoms with Crippen molar-refractivity contribution in [3.8, 4) is 0 Å². The molecule has 1 amide bonds. The molecule has 0 fully saturated rings. The molecule has 0 aliphatic carbocycles. The molecule has 194 valence electrons. The fourth-order valence-electron chi connectivity index (χ4n) is 3.60. The van der Waals surface area contributed by atoms with Crippen LogP contribution in [0, 0.1) is 5.82 Å². The topological polar surface area (TPSA) is 58.6 Å². The van der Waals surface area contributed by atoms with Crippen molar-refractivity contribution in [3.63, 3.8) is 0 Å². The molecule has 4 nitrogen and oxygen atoms in total. The van der Waals surface area contributed by atoms with Crippen molar-refractivity contribution >= 4 is 11.5 Å². The van der Waals surface area contributed by atoms with Crippen molar-refractivity contribution in [2.45, 2.75) is 60.1 Å². The van der Waals surface area contributed by atoms with Gasteiger partial charge in [-0.15, -0.1) is 0 Å². The van der Waals surface area contributed by atoms with Crippen molar-refractivity contribution in [1.82, 2.24) is 5.32 Å². The second-order valence-corrected chi connectivity index (χ2v) is 8.48. The van der Waals surface area contributed by atoms with E-state index in [-0.39, 0.29) is 12.3 Å². The quantitative estimate of drug-likeness (QED) is 0.259. The van der Waals surface area contributed by atoms with E-state index >= 15 is 4.39 Å². The van der Waals surface area contributed by atoms with Gasteiger partial charge in [0.2, 0.25) is 5.91 Å². The number of carbonyl (C=O) groups is 1. The maximum atomic E-state index is 16.0. The Bertz CT molecular complexity index is 1120. The van der Waals surface area contributed by atoms with Gasteiger partial charge in [-0.25, -0.2) is 4.39 Å². The standard InChI is InChI=1S/C29H34F3NO3/c1-5-19(3)7-12-24(15-20(4)36-29(31)32)27-23(6-2)13-14-25(28(27)30)16-21-8-10-22(11-9-21)17-33-26(35)18-34/h7-15,29,34H,5-6,16-18H2,1-4H3,(H,33,35)/b19-7?,20-15+,24-12+. The number of rotatable bonds is 12. The maximum Gasteiger partial charge on any atom is 0.387 e. The summed E-state index contributed by atoms with van der Waals surface area (Å²) in [5, 5.41) is 11.4. The molecule has 7 heteroatoms. The first kappa shape index (κ1) is 28.9. The van der Waals surface area contributed by atoms with Crippen LogP contribution in [-0.4, -0.2) is 24.2 Å². The van der Waals surface area contributed by atoms with E-state index in [0.29, 0.717) is 29.5 Å². The van der Waals surface area contributed by atoms with Gasteiger partial charge < -0.3 is 15.2 Å². The normalized spacial score (nSPS) is 12.8. The zero-order valence-electron chi connectivity index (χ0n) is 21.2. The highest BCUT2D eigenvalue weighted by molar-refractivity contribution is 5.78. The van der Waals surface area contributed by atoms with E-state index in [4.69, 9.17) is 5.11 Å². The number of hydrogen-bond donors (Lipinski definition) is 2. The minimum absolute atomic E-state index is 0.00506. The molecule has 0 aromatic heterocycles. The summed E-state index contributed by atoms with van der Waals surface area (Å²) in [5.74, 6) is -0.862. The Kier molecular flexibility index (Phi) is 11.5. The Morgan fingerprint density at radius 1 is 1.03 bits per heavy atom. The fourth-order valence-corrected chi connectivity index (χ4v) is 3.60. The van der Waals surface area contributed by atoms with Gasteiger partial charge >= 0.3 is 6.61 Å². The fraction of sp³-hybridized carbons (Fsp3) is 0.345. The number of hydrogen-bond acceptors (Lipinski definition) is 3. The number of nitrogens with one attached hydrogen (secondary N) is 1. The van der Waals surface area contributed by atoms with E-state index < -0.39 is 24.9 Å². The summed E-state index contributed by atoms with van der Waals surface area (Å²) < 4.78 is 46.0. The third-order valence-electron chi connectivity index (χ3n) is 5.77. The van der Waals surface area contributed by atoms with Gasteiger partial charge in [0.05, 0.1) is 0 Å². The molecule has 0 bridgehead atoms. The molecule has 0 aliphatic heterocycles. The lowest BCUT2D eigenvalue weighted by atomic mass is 9.91. The lowest BCUT2D eigenvalue weighted by molar-refractivity contribution is -0.123. The molecule has 36 heavy (non-hydrogen) atoms. The second-order valence-electron chi connectivity index (χ2n) is 8.48. The van der Waals surface area contributed by atoms with Crippen LogP contribution < -0.4 is 5.32 Å². The predicted octanol–water partition coefficient (Wildman–Crippen LogP) is 6.47. The third-order valence-corrected chi connectivity index (χ3v) is 5.77. The molecule has 0 radical (unpaired) electrons. The average Bonchev–Trinajstić information content (AvgIpc) is 2.86. The molecule has 2 N–H and O–H groups in total. The first-order chi connectivity index (χ1) is 17.2. The van der Waals surface area contributed by atoms with Crippen molar-refractivity contribution < 1.29 is 27.8 Å². The minimum Gasteiger partial charge on any atom is -0.440 e. The number of allylic oxidation sites excluding steroid dienone is 6. The van der Waals surface area contributed by atoms with Crippen LogP contribution in [0.3, 0.4) is 0 Å². The first-order valence-corrected chi connectivity index (χ1v) is 11.9. The highest BCUT2D eigenvalue weighted by Crippen LogP contribution is 2.30. The van der Waals surface area contributed by atoms with Crippen LogP contribution in [-0.2, 0) is 28.9 Å². The molecular weight excluding hydrogens is 467 g/mol. The van der Waals surface area contributed by atoms with Crippen LogP contribution in [0.2, 0.25) is 0 Å². The van der Waals surface area contributed by atoms with E-state index in [2.05, 4.69) is 10.1 Å². The highest BCUT2D eigenvalue weighted by Gasteiger charge is 2.17. The highest BCUT2D eigenvalue weighted by atomic mass is 19.3. The Labute approximate surface area is 211 Å². The van der Waals surface area contributed by atoms with Crippen LogP contribution in [0.1, 0.15) is 61.9 Å². The number of aliphatic hydroxyl groups is 1. The molecule has 0 spiro atoms. The largest absolute Gasteiger partial charge is 0.440 e. The van der Waals surface area contributed by atoms with E-state index in [0.717, 1.165) is 28.7 Å². The molecule has 2 rings (SSSR count). The number of aliphatic hydroxyl groups excluding tert-OH is 1. The zero-order valence-corrected chi connectivity index (χ0v) is 21.2. The molecule has 2 aromatic carbocycles. The Balaban J connectivity index is 2.45. The molecule has 0 saturated carbocycles. The monoisotopic (exact) mass is 501 g/mol. The second kappa shape index (κ2) is 14.3. The van der Waals surface area contributed by atoms with Crippen molar-refractivity contribution in [2.75, 3.05) is 6.61 Å². The van der Waals surface area contributed by atoms with Crippen molar-refractivity contribution in [2.24, 2.45) is 0 Å². The van der Waals surface area contributed by atoms with Gasteiger partial charge in [-0.3, -0.25) is 4.79 Å². The van der Waals surface area contributed by atoms with Gasteiger partial charge in [-0.05, 0) is 60.6 Å². The Hall–Kier alpha value is -3.32. The van der Waals surface area contributed by atoms with Crippen molar-refractivity contribution in [1.29, 1.82) is 0 Å². The summed E-state index contributed by atoms with van der Waals surface area (Å²) >= 11 is 0. The number of carbonyl (C=O) groups excluding carboxylic acids is 1. The van der Waals surface area contributed by atoms with E-state index in [9.17, 15) is 13.6 Å². The van der Waals surface area contributed by atoms with Gasteiger partial charge in [0.15, 0.2) is 0 Å².